The molecule has 140 valence electrons. The Morgan fingerprint density at radius 2 is 1.69 bits per heavy atom. The van der Waals surface area contributed by atoms with Crippen molar-refractivity contribution in [2.75, 3.05) is 23.7 Å². The number of carbonyl (C=O) groups excluding carboxylic acids is 1. The Hall–Kier alpha value is -2.48. The summed E-state index contributed by atoms with van der Waals surface area (Å²) < 4.78 is 51.7. The van der Waals surface area contributed by atoms with E-state index in [9.17, 15) is 22.0 Å². The fraction of sp³-hybridized carbons (Fsp3) is 0.278. The van der Waals surface area contributed by atoms with Crippen molar-refractivity contribution in [3.05, 3.63) is 64.7 Å². The number of anilines is 1. The molecule has 5 nitrogen and oxygen atoms in total. The van der Waals surface area contributed by atoms with Gasteiger partial charge in [-0.05, 0) is 43.2 Å². The maximum atomic E-state index is 13.2. The maximum absolute atomic E-state index is 13.2. The van der Waals surface area contributed by atoms with Crippen molar-refractivity contribution in [2.24, 2.45) is 0 Å². The van der Waals surface area contributed by atoms with Gasteiger partial charge in [0.25, 0.3) is 5.91 Å². The average molecular weight is 382 g/mol. The van der Waals surface area contributed by atoms with Gasteiger partial charge in [0, 0.05) is 12.1 Å². The van der Waals surface area contributed by atoms with Gasteiger partial charge in [-0.25, -0.2) is 17.2 Å². The number of nitrogens with zero attached hydrogens (tertiary/aromatic N) is 1. The van der Waals surface area contributed by atoms with E-state index in [-0.39, 0.29) is 18.7 Å². The molecule has 2 aromatic rings. The van der Waals surface area contributed by atoms with Gasteiger partial charge >= 0.3 is 0 Å². The molecule has 0 aliphatic carbocycles. The fourth-order valence-electron chi connectivity index (χ4n) is 2.65. The van der Waals surface area contributed by atoms with Crippen molar-refractivity contribution < 1.29 is 22.0 Å². The highest BCUT2D eigenvalue weighted by Gasteiger charge is 2.21. The summed E-state index contributed by atoms with van der Waals surface area (Å²) in [5.74, 6) is -2.77. The lowest BCUT2D eigenvalue weighted by atomic mass is 10.1. The van der Waals surface area contributed by atoms with Crippen LogP contribution in [0.15, 0.2) is 36.4 Å². The van der Waals surface area contributed by atoms with Crippen molar-refractivity contribution in [1.29, 1.82) is 0 Å². The fourth-order valence-corrected chi connectivity index (χ4v) is 3.70. The first-order valence-electron chi connectivity index (χ1n) is 7.88. The van der Waals surface area contributed by atoms with Gasteiger partial charge < -0.3 is 5.32 Å². The standard InChI is InChI=1S/C18H20F2N2O3S/c1-12-5-4-6-13(2)17(12)22(26(3,24)25)10-9-21-18(23)14-7-8-15(19)16(20)11-14/h4-8,11H,9-10H2,1-3H3,(H,21,23). The molecule has 0 radical (unpaired) electrons. The predicted octanol–water partition coefficient (Wildman–Crippen LogP) is 2.78. The number of sulfonamides is 1. The van der Waals surface area contributed by atoms with Gasteiger partial charge in [0.05, 0.1) is 18.5 Å². The maximum Gasteiger partial charge on any atom is 0.251 e. The summed E-state index contributed by atoms with van der Waals surface area (Å²) in [5.41, 5.74) is 2.11. The highest BCUT2D eigenvalue weighted by Crippen LogP contribution is 2.26. The first kappa shape index (κ1) is 19.8. The van der Waals surface area contributed by atoms with Gasteiger partial charge in [0.1, 0.15) is 0 Å². The molecule has 0 unspecified atom stereocenters. The van der Waals surface area contributed by atoms with E-state index in [0.29, 0.717) is 5.69 Å². The summed E-state index contributed by atoms with van der Waals surface area (Å²) in [5, 5.41) is 2.52. The SMILES string of the molecule is Cc1cccc(C)c1N(CCNC(=O)c1ccc(F)c(F)c1)S(C)(=O)=O. The first-order valence-corrected chi connectivity index (χ1v) is 9.73. The molecule has 0 spiro atoms. The molecule has 0 fully saturated rings. The van der Waals surface area contributed by atoms with Gasteiger partial charge in [-0.15, -0.1) is 0 Å². The molecule has 2 rings (SSSR count). The molecule has 0 aromatic heterocycles. The zero-order valence-corrected chi connectivity index (χ0v) is 15.5. The lowest BCUT2D eigenvalue weighted by molar-refractivity contribution is 0.0954. The highest BCUT2D eigenvalue weighted by molar-refractivity contribution is 7.92. The third-order valence-corrected chi connectivity index (χ3v) is 5.04. The number of aryl methyl sites for hydroxylation is 2. The monoisotopic (exact) mass is 382 g/mol. The van der Waals surface area contributed by atoms with E-state index in [1.54, 1.807) is 26.0 Å². The minimum absolute atomic E-state index is 0.0126. The molecule has 8 heteroatoms. The van der Waals surface area contributed by atoms with E-state index < -0.39 is 27.6 Å². The second-order valence-corrected chi connectivity index (χ2v) is 7.87. The molecule has 1 N–H and O–H groups in total. The van der Waals surface area contributed by atoms with E-state index in [4.69, 9.17) is 0 Å². The van der Waals surface area contributed by atoms with Crippen LogP contribution in [-0.4, -0.2) is 33.7 Å². The summed E-state index contributed by atoms with van der Waals surface area (Å²) >= 11 is 0. The molecule has 0 aliphatic heterocycles. The number of hydrogen-bond donors (Lipinski definition) is 1. The van der Waals surface area contributed by atoms with Crippen LogP contribution in [0.1, 0.15) is 21.5 Å². The molecule has 0 saturated carbocycles. The number of halogens is 2. The summed E-state index contributed by atoms with van der Waals surface area (Å²) in [4.78, 5) is 12.0. The zero-order valence-electron chi connectivity index (χ0n) is 14.7. The summed E-state index contributed by atoms with van der Waals surface area (Å²) in [6.45, 7) is 3.64. The molecule has 1 amide bonds. The molecule has 0 atom stereocenters. The second-order valence-electron chi connectivity index (χ2n) is 5.96. The van der Waals surface area contributed by atoms with Gasteiger partial charge in [0.2, 0.25) is 10.0 Å². The van der Waals surface area contributed by atoms with E-state index in [1.807, 2.05) is 6.07 Å². The van der Waals surface area contributed by atoms with Crippen LogP contribution in [-0.2, 0) is 10.0 Å². The Bertz CT molecular complexity index is 910. The Morgan fingerprint density at radius 3 is 2.23 bits per heavy atom. The zero-order chi connectivity index (χ0) is 19.5. The number of para-hydroxylation sites is 1. The van der Waals surface area contributed by atoms with E-state index in [2.05, 4.69) is 5.32 Å². The van der Waals surface area contributed by atoms with Crippen LogP contribution in [0.5, 0.6) is 0 Å². The molecular formula is C18H20F2N2O3S. The molecule has 0 bridgehead atoms. The second kappa shape index (κ2) is 7.82. The van der Waals surface area contributed by atoms with Crippen LogP contribution >= 0.6 is 0 Å². The molecule has 2 aromatic carbocycles. The number of amides is 1. The van der Waals surface area contributed by atoms with Gasteiger partial charge in [-0.2, -0.15) is 0 Å². The predicted molar refractivity (Wildman–Crippen MR) is 96.8 cm³/mol. The normalized spacial score (nSPS) is 11.3. The lowest BCUT2D eigenvalue weighted by Crippen LogP contribution is -2.38. The van der Waals surface area contributed by atoms with Crippen LogP contribution in [0.25, 0.3) is 0 Å². The minimum Gasteiger partial charge on any atom is -0.350 e. The number of benzene rings is 2. The van der Waals surface area contributed by atoms with Crippen molar-refractivity contribution in [3.8, 4) is 0 Å². The molecular weight excluding hydrogens is 362 g/mol. The Labute approximate surface area is 151 Å². The van der Waals surface area contributed by atoms with Crippen LogP contribution in [0.3, 0.4) is 0 Å². The number of nitrogens with one attached hydrogen (secondary N) is 1. The van der Waals surface area contributed by atoms with E-state index in [1.165, 1.54) is 4.31 Å². The smallest absolute Gasteiger partial charge is 0.251 e. The van der Waals surface area contributed by atoms with Crippen LogP contribution in [0.2, 0.25) is 0 Å². The molecule has 26 heavy (non-hydrogen) atoms. The number of rotatable bonds is 6. The van der Waals surface area contributed by atoms with Gasteiger partial charge in [-0.3, -0.25) is 9.10 Å². The van der Waals surface area contributed by atoms with Crippen molar-refractivity contribution in [1.82, 2.24) is 5.32 Å². The summed E-state index contributed by atoms with van der Waals surface area (Å²) in [6.07, 6.45) is 1.09. The van der Waals surface area contributed by atoms with E-state index >= 15 is 0 Å². The van der Waals surface area contributed by atoms with Crippen molar-refractivity contribution in [2.45, 2.75) is 13.8 Å². The quantitative estimate of drug-likeness (QED) is 0.835. The highest BCUT2D eigenvalue weighted by atomic mass is 32.2. The largest absolute Gasteiger partial charge is 0.350 e. The van der Waals surface area contributed by atoms with Crippen molar-refractivity contribution in [3.63, 3.8) is 0 Å². The molecule has 0 saturated heterocycles. The van der Waals surface area contributed by atoms with Gasteiger partial charge in [0.15, 0.2) is 11.6 Å². The van der Waals surface area contributed by atoms with Crippen molar-refractivity contribution >= 4 is 21.6 Å². The Balaban J connectivity index is 2.14. The average Bonchev–Trinajstić information content (AvgIpc) is 2.54. The summed E-state index contributed by atoms with van der Waals surface area (Å²) in [6, 6.07) is 8.27. The Kier molecular flexibility index (Phi) is 5.97. The van der Waals surface area contributed by atoms with E-state index in [0.717, 1.165) is 35.6 Å². The molecule has 0 heterocycles. The number of carbonyl (C=O) groups is 1. The third kappa shape index (κ3) is 4.57. The topological polar surface area (TPSA) is 66.5 Å². The summed E-state index contributed by atoms with van der Waals surface area (Å²) in [7, 11) is -3.57. The minimum atomic E-state index is -3.57. The van der Waals surface area contributed by atoms with Crippen LogP contribution < -0.4 is 9.62 Å². The third-order valence-electron chi connectivity index (χ3n) is 3.87. The number of hydrogen-bond acceptors (Lipinski definition) is 3. The lowest BCUT2D eigenvalue weighted by Gasteiger charge is -2.26. The Morgan fingerprint density at radius 1 is 1.08 bits per heavy atom. The van der Waals surface area contributed by atoms with Crippen LogP contribution in [0, 0.1) is 25.5 Å². The van der Waals surface area contributed by atoms with Crippen LogP contribution in [0.4, 0.5) is 14.5 Å². The molecule has 0 aliphatic rings. The first-order chi connectivity index (χ1) is 12.1. The van der Waals surface area contributed by atoms with Gasteiger partial charge in [-0.1, -0.05) is 18.2 Å².